The van der Waals surface area contributed by atoms with Crippen molar-refractivity contribution in [2.24, 2.45) is 0 Å². The number of methoxy groups -OCH3 is 2. The summed E-state index contributed by atoms with van der Waals surface area (Å²) in [4.78, 5) is 23.0. The second-order valence-corrected chi connectivity index (χ2v) is 3.82. The number of benzene rings is 1. The Hall–Kier alpha value is -2.56. The molecule has 1 amide bonds. The van der Waals surface area contributed by atoms with E-state index in [0.717, 1.165) is 0 Å². The van der Waals surface area contributed by atoms with Crippen LogP contribution in [0.4, 0.5) is 0 Å². The smallest absolute Gasteiger partial charge is 0.341 e. The maximum atomic E-state index is 11.6. The molecule has 0 saturated heterocycles. The van der Waals surface area contributed by atoms with Crippen LogP contribution >= 0.6 is 0 Å². The lowest BCUT2D eigenvalue weighted by molar-refractivity contribution is -0.116. The molecule has 0 aliphatic carbocycles. The third kappa shape index (κ3) is 4.28. The summed E-state index contributed by atoms with van der Waals surface area (Å²) in [5.41, 5.74) is 1.00. The monoisotopic (exact) mass is 275 g/mol. The molecule has 0 saturated carbocycles. The summed E-state index contributed by atoms with van der Waals surface area (Å²) in [6.45, 7) is 3.91. The molecular weight excluding hydrogens is 258 g/mol. The Morgan fingerprint density at radius 1 is 1.35 bits per heavy atom. The van der Waals surface area contributed by atoms with Gasteiger partial charge in [0, 0.05) is 12.6 Å². The highest BCUT2D eigenvalue weighted by molar-refractivity contribution is 5.95. The molecule has 1 N–H and O–H groups in total. The van der Waals surface area contributed by atoms with Gasteiger partial charge in [-0.15, -0.1) is 6.58 Å². The highest BCUT2D eigenvalue weighted by Crippen LogP contribution is 2.21. The van der Waals surface area contributed by atoms with E-state index in [9.17, 15) is 9.59 Å². The highest BCUT2D eigenvalue weighted by atomic mass is 16.5. The molecule has 5 heteroatoms. The molecule has 1 aromatic rings. The first-order valence-electron chi connectivity index (χ1n) is 5.95. The number of carbonyl (C=O) groups excluding carboxylic acids is 2. The first-order valence-corrected chi connectivity index (χ1v) is 5.95. The Labute approximate surface area is 117 Å². The minimum Gasteiger partial charge on any atom is -0.496 e. The van der Waals surface area contributed by atoms with Gasteiger partial charge in [-0.2, -0.15) is 0 Å². The molecule has 0 radical (unpaired) electrons. The largest absolute Gasteiger partial charge is 0.496 e. The number of esters is 1. The van der Waals surface area contributed by atoms with Crippen LogP contribution in [0.15, 0.2) is 36.9 Å². The second kappa shape index (κ2) is 7.78. The molecule has 0 bridgehead atoms. The minimum atomic E-state index is -0.492. The van der Waals surface area contributed by atoms with Crippen LogP contribution in [-0.2, 0) is 9.53 Å². The molecule has 0 aliphatic heterocycles. The van der Waals surface area contributed by atoms with E-state index >= 15 is 0 Å². The Morgan fingerprint density at radius 2 is 2.10 bits per heavy atom. The summed E-state index contributed by atoms with van der Waals surface area (Å²) >= 11 is 0. The zero-order valence-corrected chi connectivity index (χ0v) is 11.5. The maximum Gasteiger partial charge on any atom is 0.341 e. The third-order valence-electron chi connectivity index (χ3n) is 2.48. The van der Waals surface area contributed by atoms with E-state index in [4.69, 9.17) is 4.74 Å². The van der Waals surface area contributed by atoms with Crippen molar-refractivity contribution in [2.45, 2.75) is 0 Å². The van der Waals surface area contributed by atoms with E-state index < -0.39 is 5.97 Å². The van der Waals surface area contributed by atoms with Gasteiger partial charge in [-0.05, 0) is 23.8 Å². The molecule has 20 heavy (non-hydrogen) atoms. The van der Waals surface area contributed by atoms with Gasteiger partial charge in [-0.25, -0.2) is 4.79 Å². The standard InChI is InChI=1S/C15H17NO4/c1-4-9-16-14(17)8-6-11-5-7-13(19-2)12(10-11)15(18)20-3/h4-8,10H,1,9H2,2-3H3,(H,16,17)/b8-6+. The van der Waals surface area contributed by atoms with Gasteiger partial charge in [0.15, 0.2) is 0 Å². The molecule has 5 nitrogen and oxygen atoms in total. The molecule has 0 spiro atoms. The first kappa shape index (κ1) is 15.5. The molecule has 0 heterocycles. The third-order valence-corrected chi connectivity index (χ3v) is 2.48. The highest BCUT2D eigenvalue weighted by Gasteiger charge is 2.12. The zero-order chi connectivity index (χ0) is 15.0. The zero-order valence-electron chi connectivity index (χ0n) is 11.5. The molecule has 0 atom stereocenters. The number of carbonyl (C=O) groups is 2. The lowest BCUT2D eigenvalue weighted by Gasteiger charge is -2.07. The topological polar surface area (TPSA) is 64.6 Å². The van der Waals surface area contributed by atoms with E-state index in [-0.39, 0.29) is 5.91 Å². The van der Waals surface area contributed by atoms with Gasteiger partial charge >= 0.3 is 5.97 Å². The molecule has 106 valence electrons. The predicted molar refractivity (Wildman–Crippen MR) is 76.6 cm³/mol. The lowest BCUT2D eigenvalue weighted by Crippen LogP contribution is -2.20. The molecule has 0 aliphatic rings. The molecule has 0 aromatic heterocycles. The van der Waals surface area contributed by atoms with E-state index in [2.05, 4.69) is 16.6 Å². The molecule has 1 rings (SSSR count). The van der Waals surface area contributed by atoms with Gasteiger partial charge in [-0.1, -0.05) is 12.1 Å². The fraction of sp³-hybridized carbons (Fsp3) is 0.200. The van der Waals surface area contributed by atoms with Crippen molar-refractivity contribution in [3.8, 4) is 5.75 Å². The van der Waals surface area contributed by atoms with Crippen molar-refractivity contribution in [1.29, 1.82) is 0 Å². The van der Waals surface area contributed by atoms with Crippen LogP contribution in [0.2, 0.25) is 0 Å². The van der Waals surface area contributed by atoms with Crippen LogP contribution in [0.3, 0.4) is 0 Å². The maximum absolute atomic E-state index is 11.6. The van der Waals surface area contributed by atoms with Gasteiger partial charge < -0.3 is 14.8 Å². The van der Waals surface area contributed by atoms with Crippen molar-refractivity contribution in [3.05, 3.63) is 48.1 Å². The summed E-state index contributed by atoms with van der Waals surface area (Å²) in [5.74, 6) is -0.307. The summed E-state index contributed by atoms with van der Waals surface area (Å²) in [7, 11) is 2.77. The van der Waals surface area contributed by atoms with Gasteiger partial charge in [0.25, 0.3) is 0 Å². The van der Waals surface area contributed by atoms with Crippen molar-refractivity contribution in [1.82, 2.24) is 5.32 Å². The Morgan fingerprint density at radius 3 is 2.70 bits per heavy atom. The molecular formula is C15H17NO4. The molecule has 0 fully saturated rings. The second-order valence-electron chi connectivity index (χ2n) is 3.82. The van der Waals surface area contributed by atoms with Gasteiger partial charge in [0.2, 0.25) is 5.91 Å². The quantitative estimate of drug-likeness (QED) is 0.488. The van der Waals surface area contributed by atoms with E-state index in [1.165, 1.54) is 20.3 Å². The molecule has 1 aromatic carbocycles. The molecule has 0 unspecified atom stereocenters. The van der Waals surface area contributed by atoms with Gasteiger partial charge in [0.05, 0.1) is 14.2 Å². The fourth-order valence-electron chi connectivity index (χ4n) is 1.50. The normalized spacial score (nSPS) is 10.1. The van der Waals surface area contributed by atoms with E-state index in [1.54, 1.807) is 30.4 Å². The number of hydrogen-bond donors (Lipinski definition) is 1. The Bertz CT molecular complexity index is 535. The minimum absolute atomic E-state index is 0.236. The van der Waals surface area contributed by atoms with Crippen LogP contribution in [0.1, 0.15) is 15.9 Å². The number of nitrogens with one attached hydrogen (secondary N) is 1. The summed E-state index contributed by atoms with van der Waals surface area (Å²) in [5, 5.41) is 2.61. The lowest BCUT2D eigenvalue weighted by atomic mass is 10.1. The SMILES string of the molecule is C=CCNC(=O)/C=C/c1ccc(OC)c(C(=O)OC)c1. The number of rotatable bonds is 6. The average Bonchev–Trinajstić information content (AvgIpc) is 2.49. The van der Waals surface area contributed by atoms with E-state index in [1.807, 2.05) is 0 Å². The van der Waals surface area contributed by atoms with Crippen LogP contribution in [0.5, 0.6) is 5.75 Å². The van der Waals surface area contributed by atoms with Crippen LogP contribution < -0.4 is 10.1 Å². The fourth-order valence-corrected chi connectivity index (χ4v) is 1.50. The van der Waals surface area contributed by atoms with Crippen molar-refractivity contribution < 1.29 is 19.1 Å². The average molecular weight is 275 g/mol. The van der Waals surface area contributed by atoms with Gasteiger partial charge in [-0.3, -0.25) is 4.79 Å². The first-order chi connectivity index (χ1) is 9.62. The van der Waals surface area contributed by atoms with Crippen LogP contribution in [-0.4, -0.2) is 32.6 Å². The summed E-state index contributed by atoms with van der Waals surface area (Å²) in [6, 6.07) is 4.98. The summed E-state index contributed by atoms with van der Waals surface area (Å²) < 4.78 is 9.77. The van der Waals surface area contributed by atoms with Gasteiger partial charge in [0.1, 0.15) is 11.3 Å². The Kier molecular flexibility index (Phi) is 6.03. The number of amides is 1. The van der Waals surface area contributed by atoms with E-state index in [0.29, 0.717) is 23.4 Å². The predicted octanol–water partition coefficient (Wildman–Crippen LogP) is 1.80. The van der Waals surface area contributed by atoms with Crippen molar-refractivity contribution >= 4 is 18.0 Å². The van der Waals surface area contributed by atoms with Crippen molar-refractivity contribution in [3.63, 3.8) is 0 Å². The number of hydrogen-bond acceptors (Lipinski definition) is 4. The van der Waals surface area contributed by atoms with Crippen LogP contribution in [0, 0.1) is 0 Å². The van der Waals surface area contributed by atoms with Crippen molar-refractivity contribution in [2.75, 3.05) is 20.8 Å². The Balaban J connectivity index is 2.91. The summed E-state index contributed by atoms with van der Waals surface area (Å²) in [6.07, 6.45) is 4.57. The van der Waals surface area contributed by atoms with Crippen LogP contribution in [0.25, 0.3) is 6.08 Å². The number of ether oxygens (including phenoxy) is 2.